The summed E-state index contributed by atoms with van der Waals surface area (Å²) in [5, 5.41) is 15.5. The lowest BCUT2D eigenvalue weighted by atomic mass is 10.3. The Morgan fingerprint density at radius 2 is 2.25 bits per heavy atom. The summed E-state index contributed by atoms with van der Waals surface area (Å²) in [5.74, 6) is 0. The molecule has 0 fully saturated rings. The Kier molecular flexibility index (Phi) is 5.95. The molecule has 0 bridgehead atoms. The highest BCUT2D eigenvalue weighted by atomic mass is 19.3. The zero-order valence-electron chi connectivity index (χ0n) is 9.07. The first-order chi connectivity index (χ1) is 7.72. The van der Waals surface area contributed by atoms with Crippen LogP contribution in [-0.2, 0) is 13.1 Å². The number of nitrogens with one attached hydrogen (secondary N) is 1. The lowest BCUT2D eigenvalue weighted by Crippen LogP contribution is -2.14. The molecule has 0 radical (unpaired) electrons. The SMILES string of the molecule is OCCCCNCc1cnn(CC(F)F)c1. The average Bonchev–Trinajstić information content (AvgIpc) is 2.64. The predicted molar refractivity (Wildman–Crippen MR) is 56.3 cm³/mol. The Morgan fingerprint density at radius 3 is 2.94 bits per heavy atom. The van der Waals surface area contributed by atoms with Gasteiger partial charge in [0.25, 0.3) is 6.43 Å². The number of halogens is 2. The summed E-state index contributed by atoms with van der Waals surface area (Å²) >= 11 is 0. The van der Waals surface area contributed by atoms with Gasteiger partial charge in [0.05, 0.1) is 6.20 Å². The van der Waals surface area contributed by atoms with Gasteiger partial charge in [0, 0.05) is 24.9 Å². The van der Waals surface area contributed by atoms with Crippen LogP contribution in [0.3, 0.4) is 0 Å². The third kappa shape index (κ3) is 5.18. The molecule has 4 nitrogen and oxygen atoms in total. The van der Waals surface area contributed by atoms with Gasteiger partial charge in [-0.15, -0.1) is 0 Å². The number of aliphatic hydroxyl groups is 1. The summed E-state index contributed by atoms with van der Waals surface area (Å²) < 4.78 is 25.3. The van der Waals surface area contributed by atoms with E-state index in [0.717, 1.165) is 24.9 Å². The van der Waals surface area contributed by atoms with E-state index in [1.165, 1.54) is 4.68 Å². The molecule has 1 heterocycles. The van der Waals surface area contributed by atoms with Gasteiger partial charge in [0.15, 0.2) is 0 Å². The van der Waals surface area contributed by atoms with Crippen molar-refractivity contribution in [2.45, 2.75) is 32.4 Å². The van der Waals surface area contributed by atoms with E-state index in [2.05, 4.69) is 10.4 Å². The third-order valence-corrected chi connectivity index (χ3v) is 2.10. The standard InChI is InChI=1S/C10H17F2N3O/c11-10(12)8-15-7-9(6-14-15)5-13-3-1-2-4-16/h6-7,10,13,16H,1-5,8H2. The summed E-state index contributed by atoms with van der Waals surface area (Å²) in [7, 11) is 0. The maximum atomic E-state index is 12.0. The Bertz CT molecular complexity index is 291. The summed E-state index contributed by atoms with van der Waals surface area (Å²) in [6.45, 7) is 1.27. The lowest BCUT2D eigenvalue weighted by molar-refractivity contribution is 0.122. The van der Waals surface area contributed by atoms with Gasteiger partial charge in [-0.25, -0.2) is 8.78 Å². The second-order valence-electron chi connectivity index (χ2n) is 3.57. The van der Waals surface area contributed by atoms with Crippen molar-refractivity contribution in [2.24, 2.45) is 0 Å². The van der Waals surface area contributed by atoms with E-state index in [1.807, 2.05) is 0 Å². The van der Waals surface area contributed by atoms with Gasteiger partial charge in [0.1, 0.15) is 6.54 Å². The van der Waals surface area contributed by atoms with Crippen molar-refractivity contribution < 1.29 is 13.9 Å². The Morgan fingerprint density at radius 1 is 1.44 bits per heavy atom. The quantitative estimate of drug-likeness (QED) is 0.659. The molecular weight excluding hydrogens is 216 g/mol. The van der Waals surface area contributed by atoms with Crippen LogP contribution in [0.15, 0.2) is 12.4 Å². The van der Waals surface area contributed by atoms with E-state index in [1.54, 1.807) is 12.4 Å². The fourth-order valence-corrected chi connectivity index (χ4v) is 1.33. The molecule has 1 aromatic heterocycles. The molecule has 0 amide bonds. The van der Waals surface area contributed by atoms with E-state index < -0.39 is 6.43 Å². The summed E-state index contributed by atoms with van der Waals surface area (Å²) in [6, 6.07) is 0. The van der Waals surface area contributed by atoms with Crippen molar-refractivity contribution in [1.29, 1.82) is 0 Å². The van der Waals surface area contributed by atoms with Gasteiger partial charge < -0.3 is 10.4 Å². The third-order valence-electron chi connectivity index (χ3n) is 2.10. The first-order valence-corrected chi connectivity index (χ1v) is 5.33. The second-order valence-corrected chi connectivity index (χ2v) is 3.57. The maximum Gasteiger partial charge on any atom is 0.257 e. The molecule has 1 aromatic rings. The van der Waals surface area contributed by atoms with Crippen LogP contribution in [0, 0.1) is 0 Å². The van der Waals surface area contributed by atoms with Gasteiger partial charge in [-0.05, 0) is 19.4 Å². The van der Waals surface area contributed by atoms with Crippen LogP contribution in [0.25, 0.3) is 0 Å². The van der Waals surface area contributed by atoms with Gasteiger partial charge in [-0.1, -0.05) is 0 Å². The average molecular weight is 233 g/mol. The molecule has 6 heteroatoms. The van der Waals surface area contributed by atoms with Crippen LogP contribution in [0.2, 0.25) is 0 Å². The number of alkyl halides is 2. The Balaban J connectivity index is 2.19. The molecule has 16 heavy (non-hydrogen) atoms. The summed E-state index contributed by atoms with van der Waals surface area (Å²) in [4.78, 5) is 0. The highest BCUT2D eigenvalue weighted by Crippen LogP contribution is 2.01. The van der Waals surface area contributed by atoms with Crippen LogP contribution in [0.1, 0.15) is 18.4 Å². The lowest BCUT2D eigenvalue weighted by Gasteiger charge is -2.01. The molecule has 0 saturated carbocycles. The van der Waals surface area contributed by atoms with E-state index in [0.29, 0.717) is 6.54 Å². The van der Waals surface area contributed by atoms with Crippen molar-refractivity contribution in [2.75, 3.05) is 13.2 Å². The predicted octanol–water partition coefficient (Wildman–Crippen LogP) is 1.01. The fraction of sp³-hybridized carbons (Fsp3) is 0.700. The summed E-state index contributed by atoms with van der Waals surface area (Å²) in [5.41, 5.74) is 0.893. The maximum absolute atomic E-state index is 12.0. The van der Waals surface area contributed by atoms with Crippen molar-refractivity contribution >= 4 is 0 Å². The molecule has 92 valence electrons. The van der Waals surface area contributed by atoms with Crippen LogP contribution >= 0.6 is 0 Å². The minimum absolute atomic E-state index is 0.202. The van der Waals surface area contributed by atoms with E-state index in [4.69, 9.17) is 5.11 Å². The summed E-state index contributed by atoms with van der Waals surface area (Å²) in [6.07, 6.45) is 2.51. The number of unbranched alkanes of at least 4 members (excludes halogenated alkanes) is 1. The van der Waals surface area contributed by atoms with Crippen molar-refractivity contribution in [1.82, 2.24) is 15.1 Å². The molecule has 1 rings (SSSR count). The van der Waals surface area contributed by atoms with Gasteiger partial charge in [-0.3, -0.25) is 4.68 Å². The normalized spacial score (nSPS) is 11.2. The highest BCUT2D eigenvalue weighted by molar-refractivity contribution is 5.03. The minimum Gasteiger partial charge on any atom is -0.396 e. The molecule has 0 aliphatic carbocycles. The smallest absolute Gasteiger partial charge is 0.257 e. The zero-order valence-corrected chi connectivity index (χ0v) is 9.07. The van der Waals surface area contributed by atoms with Crippen LogP contribution < -0.4 is 5.32 Å². The van der Waals surface area contributed by atoms with Crippen molar-refractivity contribution in [3.05, 3.63) is 18.0 Å². The van der Waals surface area contributed by atoms with E-state index in [-0.39, 0.29) is 13.2 Å². The molecule has 0 aliphatic rings. The first-order valence-electron chi connectivity index (χ1n) is 5.33. The van der Waals surface area contributed by atoms with Gasteiger partial charge in [-0.2, -0.15) is 5.10 Å². The van der Waals surface area contributed by atoms with Crippen molar-refractivity contribution in [3.63, 3.8) is 0 Å². The number of hydrogen-bond donors (Lipinski definition) is 2. The molecule has 0 aliphatic heterocycles. The molecule has 0 spiro atoms. The fourth-order valence-electron chi connectivity index (χ4n) is 1.33. The van der Waals surface area contributed by atoms with Crippen LogP contribution in [0.5, 0.6) is 0 Å². The van der Waals surface area contributed by atoms with E-state index in [9.17, 15) is 8.78 Å². The minimum atomic E-state index is -2.37. The number of aromatic nitrogens is 2. The molecule has 2 N–H and O–H groups in total. The number of aliphatic hydroxyl groups excluding tert-OH is 1. The number of rotatable bonds is 8. The largest absolute Gasteiger partial charge is 0.396 e. The van der Waals surface area contributed by atoms with Crippen molar-refractivity contribution in [3.8, 4) is 0 Å². The second kappa shape index (κ2) is 7.29. The Labute approximate surface area is 93.3 Å². The first kappa shape index (κ1) is 13.1. The number of nitrogens with zero attached hydrogens (tertiary/aromatic N) is 2. The molecule has 0 atom stereocenters. The molecule has 0 unspecified atom stereocenters. The highest BCUT2D eigenvalue weighted by Gasteiger charge is 2.05. The van der Waals surface area contributed by atoms with Crippen LogP contribution in [0.4, 0.5) is 8.78 Å². The zero-order chi connectivity index (χ0) is 11.8. The Hall–Kier alpha value is -1.01. The van der Waals surface area contributed by atoms with Gasteiger partial charge in [0.2, 0.25) is 0 Å². The van der Waals surface area contributed by atoms with Crippen LogP contribution in [-0.4, -0.2) is 34.5 Å². The number of hydrogen-bond acceptors (Lipinski definition) is 3. The molecule has 0 aromatic carbocycles. The molecular formula is C10H17F2N3O. The topological polar surface area (TPSA) is 50.1 Å². The van der Waals surface area contributed by atoms with E-state index >= 15 is 0 Å². The molecule has 0 saturated heterocycles. The van der Waals surface area contributed by atoms with Gasteiger partial charge >= 0.3 is 0 Å². The monoisotopic (exact) mass is 233 g/mol.